The zero-order chi connectivity index (χ0) is 18.9. The normalized spacial score (nSPS) is 14.6. The molecule has 136 valence electrons. The predicted molar refractivity (Wildman–Crippen MR) is 111 cm³/mol. The minimum atomic E-state index is -0.809. The highest BCUT2D eigenvalue weighted by Gasteiger charge is 2.39. The van der Waals surface area contributed by atoms with Crippen LogP contribution in [0.5, 0.6) is 17.2 Å². The van der Waals surface area contributed by atoms with Gasteiger partial charge in [-0.2, -0.15) is 0 Å². The monoisotopic (exact) mass is 422 g/mol. The van der Waals surface area contributed by atoms with Crippen LogP contribution in [0.15, 0.2) is 78.9 Å². The highest BCUT2D eigenvalue weighted by molar-refractivity contribution is 9.15. The Morgan fingerprint density at radius 3 is 1.96 bits per heavy atom. The number of methoxy groups -OCH3 is 2. The first-order chi connectivity index (χ1) is 13.2. The maximum atomic E-state index is 6.64. The van der Waals surface area contributed by atoms with Gasteiger partial charge in [-0.1, -0.05) is 58.4 Å². The summed E-state index contributed by atoms with van der Waals surface area (Å²) in [5.41, 5.74) is 2.16. The molecular formula is C23H19BrO3. The minimum absolute atomic E-state index is 0.779. The first kappa shape index (κ1) is 17.7. The third-order valence-corrected chi connectivity index (χ3v) is 5.40. The van der Waals surface area contributed by atoms with Crippen molar-refractivity contribution in [3.8, 4) is 17.2 Å². The van der Waals surface area contributed by atoms with Crippen molar-refractivity contribution in [3.63, 3.8) is 0 Å². The molecule has 0 unspecified atom stereocenters. The number of halogens is 1. The van der Waals surface area contributed by atoms with Gasteiger partial charge in [0, 0.05) is 21.2 Å². The second-order valence-electron chi connectivity index (χ2n) is 6.29. The third-order valence-electron chi connectivity index (χ3n) is 4.74. The highest BCUT2D eigenvalue weighted by Crippen LogP contribution is 2.47. The fraction of sp³-hybridized carbons (Fsp3) is 0.130. The molecule has 0 spiro atoms. The number of hydrogen-bond donors (Lipinski definition) is 0. The molecule has 0 amide bonds. The van der Waals surface area contributed by atoms with Crippen LogP contribution in [0.4, 0.5) is 0 Å². The van der Waals surface area contributed by atoms with Gasteiger partial charge < -0.3 is 14.2 Å². The number of ether oxygens (including phenoxy) is 3. The lowest BCUT2D eigenvalue weighted by Crippen LogP contribution is -2.34. The van der Waals surface area contributed by atoms with E-state index in [0.29, 0.717) is 0 Å². The van der Waals surface area contributed by atoms with Gasteiger partial charge in [-0.3, -0.25) is 0 Å². The van der Waals surface area contributed by atoms with E-state index in [4.69, 9.17) is 14.2 Å². The van der Waals surface area contributed by atoms with Crippen LogP contribution < -0.4 is 14.2 Å². The van der Waals surface area contributed by atoms with Crippen LogP contribution in [0.1, 0.15) is 16.7 Å². The zero-order valence-electron chi connectivity index (χ0n) is 15.1. The van der Waals surface area contributed by atoms with Gasteiger partial charge >= 0.3 is 0 Å². The summed E-state index contributed by atoms with van der Waals surface area (Å²) in [5, 5.41) is 0. The Morgan fingerprint density at radius 2 is 1.37 bits per heavy atom. The van der Waals surface area contributed by atoms with E-state index in [1.165, 1.54) is 0 Å². The van der Waals surface area contributed by atoms with E-state index in [-0.39, 0.29) is 0 Å². The zero-order valence-corrected chi connectivity index (χ0v) is 16.7. The molecule has 0 saturated heterocycles. The van der Waals surface area contributed by atoms with Crippen LogP contribution in [0.2, 0.25) is 0 Å². The molecule has 0 N–H and O–H groups in total. The van der Waals surface area contributed by atoms with Gasteiger partial charge in [0.1, 0.15) is 17.2 Å². The number of rotatable bonds is 4. The molecule has 27 heavy (non-hydrogen) atoms. The van der Waals surface area contributed by atoms with E-state index in [0.717, 1.165) is 38.4 Å². The first-order valence-corrected chi connectivity index (χ1v) is 9.41. The van der Waals surface area contributed by atoms with Crippen LogP contribution in [0.25, 0.3) is 4.48 Å². The van der Waals surface area contributed by atoms with Crippen molar-refractivity contribution in [1.29, 1.82) is 0 Å². The SMILES string of the molecule is COc1cccc(C2(c3cccc(OC)c3)C=C(Br)c3ccccc3O2)c1. The molecule has 0 aliphatic carbocycles. The summed E-state index contributed by atoms with van der Waals surface area (Å²) in [4.78, 5) is 0. The van der Waals surface area contributed by atoms with Crippen LogP contribution in [-0.2, 0) is 5.60 Å². The predicted octanol–water partition coefficient (Wildman–Crippen LogP) is 5.78. The first-order valence-electron chi connectivity index (χ1n) is 8.62. The summed E-state index contributed by atoms with van der Waals surface area (Å²) in [5.74, 6) is 2.38. The average molecular weight is 423 g/mol. The fourth-order valence-electron chi connectivity index (χ4n) is 3.37. The molecule has 0 atom stereocenters. The Morgan fingerprint density at radius 1 is 0.778 bits per heavy atom. The number of fused-ring (bicyclic) bond motifs is 1. The van der Waals surface area contributed by atoms with Crippen molar-refractivity contribution >= 4 is 20.4 Å². The molecule has 1 heterocycles. The largest absolute Gasteiger partial charge is 0.497 e. The molecule has 1 aliphatic rings. The van der Waals surface area contributed by atoms with Gasteiger partial charge in [0.05, 0.1) is 14.2 Å². The topological polar surface area (TPSA) is 27.7 Å². The fourth-order valence-corrected chi connectivity index (χ4v) is 4.02. The Bertz CT molecular complexity index is 962. The lowest BCUT2D eigenvalue weighted by molar-refractivity contribution is 0.160. The Hall–Kier alpha value is -2.72. The summed E-state index contributed by atoms with van der Waals surface area (Å²) < 4.78 is 18.5. The van der Waals surface area contributed by atoms with Gasteiger partial charge in [-0.15, -0.1) is 0 Å². The van der Waals surface area contributed by atoms with Crippen molar-refractivity contribution in [2.24, 2.45) is 0 Å². The Kier molecular flexibility index (Phi) is 4.66. The van der Waals surface area contributed by atoms with Gasteiger partial charge in [0.2, 0.25) is 0 Å². The van der Waals surface area contributed by atoms with Crippen molar-refractivity contribution < 1.29 is 14.2 Å². The van der Waals surface area contributed by atoms with E-state index in [9.17, 15) is 0 Å². The van der Waals surface area contributed by atoms with Crippen molar-refractivity contribution in [3.05, 3.63) is 95.6 Å². The molecule has 3 aromatic carbocycles. The van der Waals surface area contributed by atoms with Gasteiger partial charge in [-0.25, -0.2) is 0 Å². The molecule has 3 nitrogen and oxygen atoms in total. The number of para-hydroxylation sites is 1. The van der Waals surface area contributed by atoms with E-state index in [1.54, 1.807) is 14.2 Å². The highest BCUT2D eigenvalue weighted by atomic mass is 79.9. The standard InChI is InChI=1S/C23H19BrO3/c1-25-18-9-5-7-16(13-18)23(17-8-6-10-19(14-17)26-2)15-21(24)20-11-3-4-12-22(20)27-23/h3-15H,1-2H3. The Labute approximate surface area is 167 Å². The van der Waals surface area contributed by atoms with Crippen LogP contribution >= 0.6 is 15.9 Å². The summed E-state index contributed by atoms with van der Waals surface area (Å²) in [6.45, 7) is 0. The van der Waals surface area contributed by atoms with E-state index in [2.05, 4.69) is 22.0 Å². The summed E-state index contributed by atoms with van der Waals surface area (Å²) >= 11 is 3.75. The lowest BCUT2D eigenvalue weighted by atomic mass is 9.83. The second-order valence-corrected chi connectivity index (χ2v) is 7.14. The summed E-state index contributed by atoms with van der Waals surface area (Å²) in [6.07, 6.45) is 2.10. The molecule has 0 bridgehead atoms. The maximum absolute atomic E-state index is 6.64. The summed E-state index contributed by atoms with van der Waals surface area (Å²) in [7, 11) is 3.33. The second kappa shape index (κ2) is 7.12. The lowest BCUT2D eigenvalue weighted by Gasteiger charge is -2.37. The van der Waals surface area contributed by atoms with Crippen LogP contribution in [0, 0.1) is 0 Å². The molecule has 0 fully saturated rings. The molecule has 0 saturated carbocycles. The van der Waals surface area contributed by atoms with Crippen molar-refractivity contribution in [2.45, 2.75) is 5.60 Å². The van der Waals surface area contributed by atoms with Crippen LogP contribution in [-0.4, -0.2) is 14.2 Å². The van der Waals surface area contributed by atoms with E-state index in [1.807, 2.05) is 72.8 Å². The Balaban J connectivity index is 1.98. The molecular weight excluding hydrogens is 404 g/mol. The smallest absolute Gasteiger partial charge is 0.179 e. The summed E-state index contributed by atoms with van der Waals surface area (Å²) in [6, 6.07) is 23.9. The maximum Gasteiger partial charge on any atom is 0.179 e. The van der Waals surface area contributed by atoms with E-state index < -0.39 is 5.60 Å². The average Bonchev–Trinajstić information content (AvgIpc) is 2.73. The molecule has 1 aliphatic heterocycles. The van der Waals surface area contributed by atoms with Gasteiger partial charge in [0.25, 0.3) is 0 Å². The van der Waals surface area contributed by atoms with Crippen molar-refractivity contribution in [2.75, 3.05) is 14.2 Å². The number of benzene rings is 3. The number of hydrogen-bond acceptors (Lipinski definition) is 3. The molecule has 3 aromatic rings. The van der Waals surface area contributed by atoms with Crippen LogP contribution in [0.3, 0.4) is 0 Å². The molecule has 4 rings (SSSR count). The quantitative estimate of drug-likeness (QED) is 0.533. The van der Waals surface area contributed by atoms with Gasteiger partial charge in [-0.05, 0) is 36.4 Å². The molecule has 0 radical (unpaired) electrons. The molecule has 4 heteroatoms. The van der Waals surface area contributed by atoms with E-state index >= 15 is 0 Å². The molecule has 0 aromatic heterocycles. The minimum Gasteiger partial charge on any atom is -0.497 e. The third kappa shape index (κ3) is 3.10. The van der Waals surface area contributed by atoms with Crippen molar-refractivity contribution in [1.82, 2.24) is 0 Å². The van der Waals surface area contributed by atoms with Gasteiger partial charge in [0.15, 0.2) is 5.60 Å².